The molecule has 0 amide bonds. The Bertz CT molecular complexity index is 240. The van der Waals surface area contributed by atoms with E-state index in [-0.39, 0.29) is 5.54 Å². The number of pyridine rings is 1. The van der Waals surface area contributed by atoms with Crippen LogP contribution in [0.25, 0.3) is 0 Å². The first kappa shape index (κ1) is 9.00. The number of rotatable bonds is 1. The minimum absolute atomic E-state index is 0.388. The van der Waals surface area contributed by atoms with Crippen LogP contribution in [-0.4, -0.2) is 10.5 Å². The van der Waals surface area contributed by atoms with Gasteiger partial charge >= 0.3 is 0 Å². The molecule has 3 nitrogen and oxygen atoms in total. The van der Waals surface area contributed by atoms with Crippen LogP contribution in [0.2, 0.25) is 0 Å². The van der Waals surface area contributed by atoms with Crippen molar-refractivity contribution in [3.05, 3.63) is 29.7 Å². The van der Waals surface area contributed by atoms with Crippen LogP contribution >= 0.6 is 0 Å². The third-order valence-electron chi connectivity index (χ3n) is 1.51. The maximum absolute atomic E-state index is 11.6. The van der Waals surface area contributed by atoms with Gasteiger partial charge in [-0.15, -0.1) is 0 Å². The molecule has 1 heterocycles. The number of aromatic nitrogens is 1. The Morgan fingerprint density at radius 2 is 1.75 bits per heavy atom. The lowest BCUT2D eigenvalue weighted by Crippen LogP contribution is -2.36. The summed E-state index contributed by atoms with van der Waals surface area (Å²) in [6.45, 7) is 5.63. The van der Waals surface area contributed by atoms with Gasteiger partial charge in [0, 0.05) is 23.6 Å². The molecule has 0 aromatic carbocycles. The van der Waals surface area contributed by atoms with Gasteiger partial charge < -0.3 is 10.3 Å². The summed E-state index contributed by atoms with van der Waals surface area (Å²) in [6, 6.07) is 3.41. The predicted molar refractivity (Wildman–Crippen MR) is 49.8 cm³/mol. The molecule has 0 unspecified atom stereocenters. The van der Waals surface area contributed by atoms with Crippen LogP contribution in [0, 0.1) is 5.21 Å². The van der Waals surface area contributed by atoms with E-state index >= 15 is 0 Å². The van der Waals surface area contributed by atoms with Crippen LogP contribution in [-0.2, 0) is 0 Å². The molecule has 0 atom stereocenters. The molecule has 3 heteroatoms. The zero-order chi connectivity index (χ0) is 9.19. The van der Waals surface area contributed by atoms with Crippen molar-refractivity contribution in [2.45, 2.75) is 26.3 Å². The predicted octanol–water partition coefficient (Wildman–Crippen LogP) is 2.18. The van der Waals surface area contributed by atoms with Crippen molar-refractivity contribution in [2.75, 3.05) is 5.06 Å². The van der Waals surface area contributed by atoms with Gasteiger partial charge in [0.2, 0.25) is 0 Å². The van der Waals surface area contributed by atoms with Gasteiger partial charge in [-0.25, -0.2) is 0 Å². The van der Waals surface area contributed by atoms with Crippen LogP contribution in [0.15, 0.2) is 24.5 Å². The topological polar surface area (TPSA) is 39.2 Å². The van der Waals surface area contributed by atoms with Gasteiger partial charge in [-0.3, -0.25) is 4.98 Å². The molecule has 1 aromatic rings. The molecule has 0 spiro atoms. The van der Waals surface area contributed by atoms with E-state index in [1.165, 1.54) is 0 Å². The van der Waals surface area contributed by atoms with Crippen molar-refractivity contribution in [3.8, 4) is 0 Å². The Kier molecular flexibility index (Phi) is 2.33. The largest absolute Gasteiger partial charge is 0.758 e. The monoisotopic (exact) mass is 165 g/mol. The average Bonchev–Trinajstić information content (AvgIpc) is 2.03. The van der Waals surface area contributed by atoms with Crippen LogP contribution in [0.1, 0.15) is 20.8 Å². The minimum atomic E-state index is -0.388. The Hall–Kier alpha value is -1.09. The third kappa shape index (κ3) is 1.95. The van der Waals surface area contributed by atoms with E-state index in [0.29, 0.717) is 5.69 Å². The van der Waals surface area contributed by atoms with Gasteiger partial charge in [-0.2, -0.15) is 0 Å². The zero-order valence-corrected chi connectivity index (χ0v) is 7.61. The molecule has 1 aromatic heterocycles. The maximum atomic E-state index is 11.6. The summed E-state index contributed by atoms with van der Waals surface area (Å²) in [7, 11) is 0. The first-order chi connectivity index (χ1) is 5.52. The first-order valence-corrected chi connectivity index (χ1v) is 3.89. The van der Waals surface area contributed by atoms with Gasteiger partial charge in [0.15, 0.2) is 0 Å². The molecule has 0 N–H and O–H groups in total. The number of nitrogens with zero attached hydrogens (tertiary/aromatic N) is 2. The lowest BCUT2D eigenvalue weighted by atomic mass is 10.1. The summed E-state index contributed by atoms with van der Waals surface area (Å²) in [5, 5.41) is 12.5. The van der Waals surface area contributed by atoms with Crippen molar-refractivity contribution in [3.63, 3.8) is 0 Å². The minimum Gasteiger partial charge on any atom is -0.758 e. The van der Waals surface area contributed by atoms with Crippen LogP contribution in [0.3, 0.4) is 0 Å². The molecule has 1 rings (SSSR count). The molecule has 12 heavy (non-hydrogen) atoms. The average molecular weight is 165 g/mol. The van der Waals surface area contributed by atoms with Crippen molar-refractivity contribution < 1.29 is 0 Å². The summed E-state index contributed by atoms with van der Waals surface area (Å²) < 4.78 is 0. The van der Waals surface area contributed by atoms with Crippen LogP contribution in [0.5, 0.6) is 0 Å². The lowest BCUT2D eigenvalue weighted by Gasteiger charge is -2.43. The highest BCUT2D eigenvalue weighted by Crippen LogP contribution is 2.20. The van der Waals surface area contributed by atoms with Gasteiger partial charge in [0.05, 0.1) is 0 Å². The fourth-order valence-electron chi connectivity index (χ4n) is 0.867. The van der Waals surface area contributed by atoms with Crippen molar-refractivity contribution in [2.24, 2.45) is 0 Å². The second kappa shape index (κ2) is 3.11. The van der Waals surface area contributed by atoms with Crippen LogP contribution < -0.4 is 5.06 Å². The van der Waals surface area contributed by atoms with E-state index in [0.717, 1.165) is 5.06 Å². The van der Waals surface area contributed by atoms with Crippen LogP contribution in [0.4, 0.5) is 5.69 Å². The fraction of sp³-hybridized carbons (Fsp3) is 0.444. The van der Waals surface area contributed by atoms with E-state index in [1.807, 2.05) is 20.8 Å². The molecule has 0 fully saturated rings. The molecule has 0 aliphatic carbocycles. The molecule has 66 valence electrons. The van der Waals surface area contributed by atoms with E-state index in [1.54, 1.807) is 24.5 Å². The Labute approximate surface area is 72.6 Å². The molecule has 0 bridgehead atoms. The number of hydrogen-bond donors (Lipinski definition) is 0. The summed E-state index contributed by atoms with van der Waals surface area (Å²) >= 11 is 0. The van der Waals surface area contributed by atoms with Crippen molar-refractivity contribution in [1.82, 2.24) is 4.98 Å². The number of hydrogen-bond acceptors (Lipinski definition) is 3. The highest BCUT2D eigenvalue weighted by Gasteiger charge is 2.12. The van der Waals surface area contributed by atoms with Gasteiger partial charge in [0.25, 0.3) is 0 Å². The van der Waals surface area contributed by atoms with E-state index < -0.39 is 0 Å². The quantitative estimate of drug-likeness (QED) is 0.599. The highest BCUT2D eigenvalue weighted by atomic mass is 16.5. The highest BCUT2D eigenvalue weighted by molar-refractivity contribution is 5.47. The van der Waals surface area contributed by atoms with Crippen molar-refractivity contribution in [1.29, 1.82) is 0 Å². The van der Waals surface area contributed by atoms with Gasteiger partial charge in [-0.1, -0.05) is 0 Å². The second-order valence-electron chi connectivity index (χ2n) is 3.67. The lowest BCUT2D eigenvalue weighted by molar-refractivity contribution is 0.556. The van der Waals surface area contributed by atoms with E-state index in [9.17, 15) is 5.21 Å². The maximum Gasteiger partial charge on any atom is 0.0293 e. The first-order valence-electron chi connectivity index (χ1n) is 3.89. The second-order valence-corrected chi connectivity index (χ2v) is 3.67. The summed E-state index contributed by atoms with van der Waals surface area (Å²) in [5.74, 6) is 0. The molecule has 0 saturated heterocycles. The molecule has 0 saturated carbocycles. The van der Waals surface area contributed by atoms with E-state index in [2.05, 4.69) is 4.98 Å². The third-order valence-corrected chi connectivity index (χ3v) is 1.51. The summed E-state index contributed by atoms with van der Waals surface area (Å²) in [6.07, 6.45) is 3.23. The Morgan fingerprint density at radius 1 is 1.25 bits per heavy atom. The zero-order valence-electron chi connectivity index (χ0n) is 7.61. The SMILES string of the molecule is CC(C)(C)N([O-])c1ccncc1. The molecule has 0 aliphatic heterocycles. The normalized spacial score (nSPS) is 11.3. The smallest absolute Gasteiger partial charge is 0.0293 e. The van der Waals surface area contributed by atoms with Gasteiger partial charge in [0.1, 0.15) is 0 Å². The summed E-state index contributed by atoms with van der Waals surface area (Å²) in [5.41, 5.74) is 0.263. The standard InChI is InChI=1S/C9H13N2O/c1-9(2,3)11(12)8-4-6-10-7-5-8/h4-7H,1-3H3/q-1. The summed E-state index contributed by atoms with van der Waals surface area (Å²) in [4.78, 5) is 3.84. The molecule has 0 radical (unpaired) electrons. The molecule has 0 aliphatic rings. The molecular formula is C9H13N2O-. The fourth-order valence-corrected chi connectivity index (χ4v) is 0.867. The van der Waals surface area contributed by atoms with Crippen molar-refractivity contribution >= 4 is 5.69 Å². The Balaban J connectivity index is 2.86. The number of hydroxylamine groups is 1. The molecular weight excluding hydrogens is 152 g/mol. The number of anilines is 1. The Morgan fingerprint density at radius 3 is 2.17 bits per heavy atom. The van der Waals surface area contributed by atoms with E-state index in [4.69, 9.17) is 0 Å². The van der Waals surface area contributed by atoms with Gasteiger partial charge in [-0.05, 0) is 32.9 Å².